The van der Waals surface area contributed by atoms with Gasteiger partial charge in [-0.3, -0.25) is 4.79 Å². The van der Waals surface area contributed by atoms with E-state index in [1.807, 2.05) is 6.92 Å². The fourth-order valence-electron chi connectivity index (χ4n) is 3.62. The maximum absolute atomic E-state index is 12.9. The number of rotatable bonds is 9. The van der Waals surface area contributed by atoms with Crippen LogP contribution in [0, 0.1) is 0 Å². The van der Waals surface area contributed by atoms with Gasteiger partial charge in [-0.15, -0.1) is 0 Å². The number of carbonyl (C=O) groups is 1. The number of benzene rings is 2. The zero-order valence-electron chi connectivity index (χ0n) is 18.8. The summed E-state index contributed by atoms with van der Waals surface area (Å²) >= 11 is 0. The summed E-state index contributed by atoms with van der Waals surface area (Å²) in [6, 6.07) is 11.8. The number of hydrogen-bond donors (Lipinski definition) is 2. The van der Waals surface area contributed by atoms with Crippen molar-refractivity contribution in [2.75, 3.05) is 25.0 Å². The van der Waals surface area contributed by atoms with E-state index in [0.29, 0.717) is 25.3 Å². The number of nitrogens with zero attached hydrogens (tertiary/aromatic N) is 1. The molecule has 2 N–H and O–H groups in total. The molecule has 0 saturated carbocycles. The Morgan fingerprint density at radius 2 is 1.58 bits per heavy atom. The summed E-state index contributed by atoms with van der Waals surface area (Å²) < 4.78 is 54.7. The van der Waals surface area contributed by atoms with Gasteiger partial charge in [0, 0.05) is 30.9 Å². The van der Waals surface area contributed by atoms with Gasteiger partial charge in [-0.25, -0.2) is 21.6 Å². The van der Waals surface area contributed by atoms with Gasteiger partial charge in [-0.05, 0) is 61.7 Å². The molecule has 33 heavy (non-hydrogen) atoms. The van der Waals surface area contributed by atoms with Crippen LogP contribution in [0.15, 0.2) is 58.3 Å². The third-order valence-corrected chi connectivity index (χ3v) is 8.92. The smallest absolute Gasteiger partial charge is 0.255 e. The van der Waals surface area contributed by atoms with Crippen molar-refractivity contribution in [3.63, 3.8) is 0 Å². The quantitative estimate of drug-likeness (QED) is 0.519. The average molecular weight is 494 g/mol. The monoisotopic (exact) mass is 493 g/mol. The first-order valence-electron chi connectivity index (χ1n) is 11.3. The fourth-order valence-corrected chi connectivity index (χ4v) is 6.25. The Kier molecular flexibility index (Phi) is 8.63. The Balaban J connectivity index is 1.70. The van der Waals surface area contributed by atoms with Crippen LogP contribution in [0.25, 0.3) is 0 Å². The van der Waals surface area contributed by atoms with Crippen LogP contribution in [0.1, 0.15) is 55.8 Å². The van der Waals surface area contributed by atoms with Crippen molar-refractivity contribution in [2.45, 2.75) is 55.2 Å². The van der Waals surface area contributed by atoms with E-state index >= 15 is 0 Å². The Labute approximate surface area is 196 Å². The van der Waals surface area contributed by atoms with Gasteiger partial charge in [0.15, 0.2) is 0 Å². The van der Waals surface area contributed by atoms with E-state index in [4.69, 9.17) is 0 Å². The molecule has 1 fully saturated rings. The van der Waals surface area contributed by atoms with Crippen molar-refractivity contribution in [3.05, 3.63) is 54.1 Å². The molecule has 1 aliphatic rings. The normalized spacial score (nSPS) is 15.7. The minimum Gasteiger partial charge on any atom is -0.322 e. The highest BCUT2D eigenvalue weighted by atomic mass is 32.2. The van der Waals surface area contributed by atoms with Crippen LogP contribution in [-0.2, 0) is 20.0 Å². The standard InChI is InChI=1S/C23H31N3O5S2/c1-2-3-15-24-32(28,29)22-10-8-9-19(18-22)23(27)25-20-11-13-21(14-12-20)33(30,31)26-16-6-4-5-7-17-26/h8-14,18,24H,2-7,15-17H2,1H3,(H,25,27). The second-order valence-corrected chi connectivity index (χ2v) is 11.8. The molecular weight excluding hydrogens is 462 g/mol. The number of anilines is 1. The molecular formula is C23H31N3O5S2. The molecule has 1 saturated heterocycles. The minimum absolute atomic E-state index is 0.0187. The second-order valence-electron chi connectivity index (χ2n) is 8.08. The van der Waals surface area contributed by atoms with Gasteiger partial charge in [-0.1, -0.05) is 32.3 Å². The van der Waals surface area contributed by atoms with Crippen molar-refractivity contribution < 1.29 is 21.6 Å². The Morgan fingerprint density at radius 1 is 0.909 bits per heavy atom. The lowest BCUT2D eigenvalue weighted by Crippen LogP contribution is -2.31. The molecule has 0 aromatic heterocycles. The number of carbonyl (C=O) groups excluding carboxylic acids is 1. The predicted octanol–water partition coefficient (Wildman–Crippen LogP) is 3.58. The summed E-state index contributed by atoms with van der Waals surface area (Å²) in [5, 5.41) is 2.69. The van der Waals surface area contributed by atoms with Gasteiger partial charge < -0.3 is 5.32 Å². The highest BCUT2D eigenvalue weighted by Gasteiger charge is 2.25. The maximum Gasteiger partial charge on any atom is 0.255 e. The third kappa shape index (κ3) is 6.63. The zero-order chi connectivity index (χ0) is 23.9. The number of unbranched alkanes of at least 4 members (excludes halogenated alkanes) is 1. The molecule has 0 bridgehead atoms. The summed E-state index contributed by atoms with van der Waals surface area (Å²) in [5.41, 5.74) is 0.610. The van der Waals surface area contributed by atoms with Crippen LogP contribution in [0.3, 0.4) is 0 Å². The Hall–Kier alpha value is -2.27. The second kappa shape index (κ2) is 11.2. The molecule has 2 aromatic carbocycles. The van der Waals surface area contributed by atoms with Crippen LogP contribution in [-0.4, -0.2) is 46.7 Å². The molecule has 10 heteroatoms. The average Bonchev–Trinajstić information content (AvgIpc) is 3.10. The number of hydrogen-bond acceptors (Lipinski definition) is 5. The molecule has 3 rings (SSSR count). The van der Waals surface area contributed by atoms with E-state index in [0.717, 1.165) is 38.5 Å². The summed E-state index contributed by atoms with van der Waals surface area (Å²) in [6.45, 7) is 3.35. The van der Waals surface area contributed by atoms with Gasteiger partial charge in [0.05, 0.1) is 9.79 Å². The molecule has 2 aromatic rings. The van der Waals surface area contributed by atoms with Gasteiger partial charge >= 0.3 is 0 Å². The van der Waals surface area contributed by atoms with Crippen LogP contribution in [0.2, 0.25) is 0 Å². The van der Waals surface area contributed by atoms with Crippen LogP contribution in [0.5, 0.6) is 0 Å². The summed E-state index contributed by atoms with van der Waals surface area (Å²) in [4.78, 5) is 12.9. The van der Waals surface area contributed by atoms with Crippen molar-refractivity contribution in [1.29, 1.82) is 0 Å². The fraction of sp³-hybridized carbons (Fsp3) is 0.435. The lowest BCUT2D eigenvalue weighted by Gasteiger charge is -2.20. The molecule has 0 atom stereocenters. The van der Waals surface area contributed by atoms with Gasteiger partial charge in [0.1, 0.15) is 0 Å². The Morgan fingerprint density at radius 3 is 2.21 bits per heavy atom. The molecule has 1 aliphatic heterocycles. The highest BCUT2D eigenvalue weighted by Crippen LogP contribution is 2.22. The lowest BCUT2D eigenvalue weighted by molar-refractivity contribution is 0.102. The topological polar surface area (TPSA) is 113 Å². The zero-order valence-corrected chi connectivity index (χ0v) is 20.4. The van der Waals surface area contributed by atoms with Crippen molar-refractivity contribution >= 4 is 31.6 Å². The third-order valence-electron chi connectivity index (χ3n) is 5.54. The lowest BCUT2D eigenvalue weighted by atomic mass is 10.2. The van der Waals surface area contributed by atoms with Crippen molar-refractivity contribution in [3.8, 4) is 0 Å². The van der Waals surface area contributed by atoms with Gasteiger partial charge in [-0.2, -0.15) is 4.31 Å². The highest BCUT2D eigenvalue weighted by molar-refractivity contribution is 7.89. The van der Waals surface area contributed by atoms with Crippen LogP contribution < -0.4 is 10.0 Å². The molecule has 0 aliphatic carbocycles. The maximum atomic E-state index is 12.9. The van der Waals surface area contributed by atoms with Crippen molar-refractivity contribution in [1.82, 2.24) is 9.03 Å². The molecule has 8 nitrogen and oxygen atoms in total. The minimum atomic E-state index is -3.70. The van der Waals surface area contributed by atoms with Crippen LogP contribution >= 0.6 is 0 Å². The predicted molar refractivity (Wildman–Crippen MR) is 128 cm³/mol. The summed E-state index contributed by atoms with van der Waals surface area (Å²) in [6.07, 6.45) is 5.38. The first-order valence-corrected chi connectivity index (χ1v) is 14.2. The molecule has 1 heterocycles. The van der Waals surface area contributed by atoms with E-state index in [1.54, 1.807) is 0 Å². The van der Waals surface area contributed by atoms with E-state index in [1.165, 1.54) is 52.8 Å². The SMILES string of the molecule is CCCCNS(=O)(=O)c1cccc(C(=O)Nc2ccc(S(=O)(=O)N3CCCCCC3)cc2)c1. The first kappa shape index (κ1) is 25.4. The van der Waals surface area contributed by atoms with E-state index in [-0.39, 0.29) is 15.4 Å². The summed E-state index contributed by atoms with van der Waals surface area (Å²) in [7, 11) is -7.27. The van der Waals surface area contributed by atoms with E-state index in [2.05, 4.69) is 10.0 Å². The van der Waals surface area contributed by atoms with E-state index in [9.17, 15) is 21.6 Å². The number of sulfonamides is 2. The molecule has 0 spiro atoms. The van der Waals surface area contributed by atoms with Crippen molar-refractivity contribution in [2.24, 2.45) is 0 Å². The van der Waals surface area contributed by atoms with Gasteiger partial charge in [0.2, 0.25) is 20.0 Å². The van der Waals surface area contributed by atoms with E-state index < -0.39 is 26.0 Å². The first-order chi connectivity index (χ1) is 15.7. The molecule has 0 unspecified atom stereocenters. The van der Waals surface area contributed by atoms with Crippen LogP contribution in [0.4, 0.5) is 5.69 Å². The molecule has 1 amide bonds. The Bertz CT molecular complexity index is 1150. The number of nitrogens with one attached hydrogen (secondary N) is 2. The van der Waals surface area contributed by atoms with Gasteiger partial charge in [0.25, 0.3) is 5.91 Å². The largest absolute Gasteiger partial charge is 0.322 e. The summed E-state index contributed by atoms with van der Waals surface area (Å²) in [5.74, 6) is -0.483. The molecule has 0 radical (unpaired) electrons. The molecule has 180 valence electrons. The number of amides is 1.